The highest BCUT2D eigenvalue weighted by Crippen LogP contribution is 2.36. The first-order valence-corrected chi connectivity index (χ1v) is 7.43. The fourth-order valence-electron chi connectivity index (χ4n) is 3.78. The van der Waals surface area contributed by atoms with Crippen molar-refractivity contribution in [2.45, 2.75) is 69.9 Å². The van der Waals surface area contributed by atoms with Crippen LogP contribution in [0.25, 0.3) is 0 Å². The van der Waals surface area contributed by atoms with Crippen molar-refractivity contribution in [3.05, 3.63) is 0 Å². The van der Waals surface area contributed by atoms with Crippen molar-refractivity contribution in [1.82, 2.24) is 0 Å². The van der Waals surface area contributed by atoms with Crippen LogP contribution >= 0.6 is 0 Å². The molecule has 0 aromatic carbocycles. The zero-order valence-electron chi connectivity index (χ0n) is 11.4. The van der Waals surface area contributed by atoms with E-state index in [0.717, 1.165) is 25.7 Å². The number of aliphatic imine (C=N–C) groups is 1. The molecule has 0 saturated heterocycles. The lowest BCUT2D eigenvalue weighted by molar-refractivity contribution is 0.0822. The Balaban J connectivity index is 1.80. The van der Waals surface area contributed by atoms with E-state index in [2.05, 4.69) is 4.99 Å². The molecule has 104 valence electrons. The van der Waals surface area contributed by atoms with Crippen LogP contribution in [-0.4, -0.2) is 18.2 Å². The van der Waals surface area contributed by atoms with E-state index in [1.807, 2.05) is 6.26 Å². The molecule has 2 fully saturated rings. The monoisotopic (exact) mass is 262 g/mol. The summed E-state index contributed by atoms with van der Waals surface area (Å²) in [4.78, 5) is 14.2. The highest BCUT2D eigenvalue weighted by molar-refractivity contribution is 5.33. The summed E-state index contributed by atoms with van der Waals surface area (Å²) in [5, 5.41) is 8.60. The average Bonchev–Trinajstić information content (AvgIpc) is 2.40. The van der Waals surface area contributed by atoms with Gasteiger partial charge in [-0.25, -0.2) is 9.79 Å². The third-order valence-corrected chi connectivity index (χ3v) is 4.61. The third-order valence-electron chi connectivity index (χ3n) is 4.61. The van der Waals surface area contributed by atoms with Crippen molar-refractivity contribution in [1.29, 1.82) is 5.26 Å². The minimum absolute atomic E-state index is 0.135. The minimum atomic E-state index is 0.135. The number of isocyanates is 1. The van der Waals surface area contributed by atoms with Gasteiger partial charge in [0, 0.05) is 0 Å². The largest absolute Gasteiger partial charge is 0.424 e. The molecule has 4 atom stereocenters. The molecule has 0 amide bonds. The Morgan fingerprint density at radius 1 is 1.11 bits per heavy atom. The van der Waals surface area contributed by atoms with Crippen molar-refractivity contribution in [2.75, 3.05) is 0 Å². The van der Waals surface area contributed by atoms with Gasteiger partial charge in [0.25, 0.3) is 6.26 Å². The van der Waals surface area contributed by atoms with Gasteiger partial charge in [0.1, 0.15) is 6.10 Å². The SMILES string of the molecule is N#COC1CCCC(CC2CCCC(N=C=O)C2)C1. The lowest BCUT2D eigenvalue weighted by Gasteiger charge is -2.32. The highest BCUT2D eigenvalue weighted by Gasteiger charge is 2.28. The fourth-order valence-corrected chi connectivity index (χ4v) is 3.78. The summed E-state index contributed by atoms with van der Waals surface area (Å²) in [6.45, 7) is 0. The van der Waals surface area contributed by atoms with Crippen molar-refractivity contribution in [3.8, 4) is 6.26 Å². The van der Waals surface area contributed by atoms with Gasteiger partial charge in [-0.15, -0.1) is 0 Å². The Labute approximate surface area is 114 Å². The summed E-state index contributed by atoms with van der Waals surface area (Å²) in [5.74, 6) is 1.36. The second-order valence-electron chi connectivity index (χ2n) is 6.01. The van der Waals surface area contributed by atoms with Crippen LogP contribution in [-0.2, 0) is 9.53 Å². The first-order valence-electron chi connectivity index (χ1n) is 7.43. The summed E-state index contributed by atoms with van der Waals surface area (Å²) in [5.41, 5.74) is 0. The molecule has 2 aliphatic carbocycles. The topological polar surface area (TPSA) is 62.4 Å². The van der Waals surface area contributed by atoms with Gasteiger partial charge in [-0.2, -0.15) is 5.26 Å². The zero-order chi connectivity index (χ0) is 13.5. The molecule has 2 aliphatic rings. The summed E-state index contributed by atoms with van der Waals surface area (Å²) in [6, 6.07) is 0.200. The van der Waals surface area contributed by atoms with E-state index in [4.69, 9.17) is 10.00 Å². The smallest absolute Gasteiger partial charge is 0.286 e. The van der Waals surface area contributed by atoms with E-state index in [9.17, 15) is 4.79 Å². The maximum absolute atomic E-state index is 10.3. The number of nitriles is 1. The molecular formula is C15H22N2O2. The first kappa shape index (κ1) is 14.1. The molecule has 4 heteroatoms. The molecular weight excluding hydrogens is 240 g/mol. The molecule has 2 saturated carbocycles. The van der Waals surface area contributed by atoms with Gasteiger partial charge in [-0.3, -0.25) is 0 Å². The fraction of sp³-hybridized carbons (Fsp3) is 0.867. The standard InChI is InChI=1S/C15H22N2O2/c16-10-19-15-6-2-4-13(9-15)7-12-3-1-5-14(8-12)17-11-18/h12-15H,1-9H2. The Morgan fingerprint density at radius 3 is 2.58 bits per heavy atom. The van der Waals surface area contributed by atoms with Crippen LogP contribution in [0.1, 0.15) is 57.8 Å². The predicted octanol–water partition coefficient (Wildman–Crippen LogP) is 3.33. The highest BCUT2D eigenvalue weighted by atomic mass is 16.5. The molecule has 0 heterocycles. The Bertz CT molecular complexity index is 371. The Kier molecular flexibility index (Phi) is 5.42. The number of nitrogens with zero attached hydrogens (tertiary/aromatic N) is 2. The molecule has 0 aromatic rings. The lowest BCUT2D eigenvalue weighted by atomic mass is 9.76. The Morgan fingerprint density at radius 2 is 1.84 bits per heavy atom. The number of hydrogen-bond acceptors (Lipinski definition) is 4. The van der Waals surface area contributed by atoms with E-state index in [1.165, 1.54) is 32.1 Å². The zero-order valence-corrected chi connectivity index (χ0v) is 11.4. The summed E-state index contributed by atoms with van der Waals surface area (Å²) < 4.78 is 5.10. The van der Waals surface area contributed by atoms with Crippen molar-refractivity contribution in [2.24, 2.45) is 16.8 Å². The Hall–Kier alpha value is -1.33. The molecule has 19 heavy (non-hydrogen) atoms. The molecule has 0 spiro atoms. The normalized spacial score (nSPS) is 34.9. The lowest BCUT2D eigenvalue weighted by Crippen LogP contribution is -2.26. The van der Waals surface area contributed by atoms with Crippen LogP contribution < -0.4 is 0 Å². The molecule has 0 radical (unpaired) electrons. The van der Waals surface area contributed by atoms with Crippen LogP contribution in [0.2, 0.25) is 0 Å². The molecule has 4 unspecified atom stereocenters. The maximum atomic E-state index is 10.3. The molecule has 0 N–H and O–H groups in total. The second kappa shape index (κ2) is 7.31. The number of carbonyl (C=O) groups excluding carboxylic acids is 1. The van der Waals surface area contributed by atoms with E-state index in [-0.39, 0.29) is 12.1 Å². The first-order chi connectivity index (χ1) is 9.31. The quantitative estimate of drug-likeness (QED) is 0.443. The molecule has 0 aromatic heterocycles. The van der Waals surface area contributed by atoms with E-state index < -0.39 is 0 Å². The van der Waals surface area contributed by atoms with Gasteiger partial charge in [0.2, 0.25) is 6.08 Å². The van der Waals surface area contributed by atoms with Gasteiger partial charge in [0.05, 0.1) is 6.04 Å². The van der Waals surface area contributed by atoms with Gasteiger partial charge in [-0.05, 0) is 50.4 Å². The van der Waals surface area contributed by atoms with Crippen molar-refractivity contribution in [3.63, 3.8) is 0 Å². The predicted molar refractivity (Wildman–Crippen MR) is 70.9 cm³/mol. The summed E-state index contributed by atoms with van der Waals surface area (Å²) in [6.07, 6.45) is 13.8. The average molecular weight is 262 g/mol. The van der Waals surface area contributed by atoms with Gasteiger partial charge in [0.15, 0.2) is 0 Å². The van der Waals surface area contributed by atoms with Gasteiger partial charge < -0.3 is 4.74 Å². The number of hydrogen-bond donors (Lipinski definition) is 0. The van der Waals surface area contributed by atoms with Crippen LogP contribution in [0.3, 0.4) is 0 Å². The van der Waals surface area contributed by atoms with Crippen molar-refractivity contribution < 1.29 is 9.53 Å². The third kappa shape index (κ3) is 4.36. The van der Waals surface area contributed by atoms with Gasteiger partial charge >= 0.3 is 0 Å². The van der Waals surface area contributed by atoms with E-state index in [0.29, 0.717) is 11.8 Å². The molecule has 0 aliphatic heterocycles. The molecule has 4 nitrogen and oxygen atoms in total. The number of ether oxygens (including phenoxy) is 1. The molecule has 2 rings (SSSR count). The van der Waals surface area contributed by atoms with Crippen LogP contribution in [0.15, 0.2) is 4.99 Å². The maximum Gasteiger partial charge on any atom is 0.286 e. The summed E-state index contributed by atoms with van der Waals surface area (Å²) in [7, 11) is 0. The van der Waals surface area contributed by atoms with E-state index in [1.54, 1.807) is 6.08 Å². The van der Waals surface area contributed by atoms with Crippen molar-refractivity contribution >= 4 is 6.08 Å². The number of rotatable bonds is 4. The van der Waals surface area contributed by atoms with E-state index >= 15 is 0 Å². The van der Waals surface area contributed by atoms with Crippen LogP contribution in [0, 0.1) is 23.4 Å². The molecule has 0 bridgehead atoms. The second-order valence-corrected chi connectivity index (χ2v) is 6.01. The van der Waals surface area contributed by atoms with Crippen LogP contribution in [0.4, 0.5) is 0 Å². The van der Waals surface area contributed by atoms with Gasteiger partial charge in [-0.1, -0.05) is 19.3 Å². The minimum Gasteiger partial charge on any atom is -0.424 e. The summed E-state index contributed by atoms with van der Waals surface area (Å²) >= 11 is 0. The van der Waals surface area contributed by atoms with Crippen LogP contribution in [0.5, 0.6) is 0 Å².